The summed E-state index contributed by atoms with van der Waals surface area (Å²) in [7, 11) is 0. The van der Waals surface area contributed by atoms with Crippen LogP contribution in [0.15, 0.2) is 30.3 Å². The summed E-state index contributed by atoms with van der Waals surface area (Å²) >= 11 is 0. The fourth-order valence-electron chi connectivity index (χ4n) is 4.19. The lowest BCUT2D eigenvalue weighted by molar-refractivity contribution is -0.111. The molecule has 0 radical (unpaired) electrons. The predicted molar refractivity (Wildman–Crippen MR) is 125 cm³/mol. The maximum absolute atomic E-state index is 12.5. The molecule has 2 aromatic rings. The second kappa shape index (κ2) is 10.3. The fraction of sp³-hybridized carbons (Fsp3) is 0.400. The highest BCUT2D eigenvalue weighted by Crippen LogP contribution is 2.25. The molecule has 1 aromatic carbocycles. The van der Waals surface area contributed by atoms with Crippen molar-refractivity contribution in [3.05, 3.63) is 58.4 Å². The lowest BCUT2D eigenvalue weighted by Crippen LogP contribution is -2.27. The standard InChI is InChI=1S/C25H31N3O4/c1-5-28-17(3)21(23(18(28)4)25(31)32-6-2)13-14-22(29)26-20-11-9-19(10-12-20)24(30)27-15-7-8-16-27/h9-14H,5-8,15-16H2,1-4H3,(H,26,29)/b14-13+. The second-order valence-electron chi connectivity index (χ2n) is 7.82. The molecule has 32 heavy (non-hydrogen) atoms. The van der Waals surface area contributed by atoms with Crippen molar-refractivity contribution in [2.24, 2.45) is 0 Å². The molecule has 170 valence electrons. The quantitative estimate of drug-likeness (QED) is 0.520. The number of aromatic nitrogens is 1. The zero-order chi connectivity index (χ0) is 23.3. The zero-order valence-electron chi connectivity index (χ0n) is 19.2. The Hall–Kier alpha value is -3.35. The Morgan fingerprint density at radius 3 is 2.28 bits per heavy atom. The fourth-order valence-corrected chi connectivity index (χ4v) is 4.19. The van der Waals surface area contributed by atoms with E-state index in [1.54, 1.807) is 37.3 Å². The van der Waals surface area contributed by atoms with Crippen LogP contribution in [-0.4, -0.2) is 46.9 Å². The number of benzene rings is 1. The normalized spacial score (nSPS) is 13.6. The molecule has 1 aliphatic heterocycles. The summed E-state index contributed by atoms with van der Waals surface area (Å²) in [6, 6.07) is 6.91. The average molecular weight is 438 g/mol. The third-order valence-electron chi connectivity index (χ3n) is 5.82. The number of nitrogens with one attached hydrogen (secondary N) is 1. The average Bonchev–Trinajstić information content (AvgIpc) is 3.39. The minimum absolute atomic E-state index is 0.0260. The molecule has 0 atom stereocenters. The Kier molecular flexibility index (Phi) is 7.51. The summed E-state index contributed by atoms with van der Waals surface area (Å²) in [5.41, 5.74) is 4.11. The van der Waals surface area contributed by atoms with Gasteiger partial charge in [0.25, 0.3) is 5.91 Å². The maximum Gasteiger partial charge on any atom is 0.340 e. The van der Waals surface area contributed by atoms with Crippen LogP contribution >= 0.6 is 0 Å². The first-order valence-corrected chi connectivity index (χ1v) is 11.1. The molecule has 0 spiro atoms. The Morgan fingerprint density at radius 1 is 1.03 bits per heavy atom. The van der Waals surface area contributed by atoms with Crippen molar-refractivity contribution in [2.45, 2.75) is 47.1 Å². The number of carbonyl (C=O) groups excluding carboxylic acids is 3. The molecule has 0 saturated carbocycles. The molecule has 0 aliphatic carbocycles. The maximum atomic E-state index is 12.5. The molecule has 1 N–H and O–H groups in total. The van der Waals surface area contributed by atoms with E-state index in [1.807, 2.05) is 30.2 Å². The number of anilines is 1. The Bertz CT molecular complexity index is 1030. The van der Waals surface area contributed by atoms with Gasteiger partial charge in [-0.15, -0.1) is 0 Å². The van der Waals surface area contributed by atoms with Crippen LogP contribution in [0.3, 0.4) is 0 Å². The summed E-state index contributed by atoms with van der Waals surface area (Å²) in [5, 5.41) is 2.80. The molecule has 7 nitrogen and oxygen atoms in total. The largest absolute Gasteiger partial charge is 0.462 e. The van der Waals surface area contributed by atoms with Crippen molar-refractivity contribution in [3.63, 3.8) is 0 Å². The SMILES string of the molecule is CCOC(=O)c1c(/C=C/C(=O)Nc2ccc(C(=O)N3CCCC3)cc2)c(C)n(CC)c1C. The number of hydrogen-bond donors (Lipinski definition) is 1. The van der Waals surface area contributed by atoms with E-state index in [4.69, 9.17) is 4.74 Å². The number of hydrogen-bond acceptors (Lipinski definition) is 4. The van der Waals surface area contributed by atoms with Gasteiger partial charge in [-0.25, -0.2) is 4.79 Å². The van der Waals surface area contributed by atoms with E-state index in [1.165, 1.54) is 6.08 Å². The van der Waals surface area contributed by atoms with Gasteiger partial charge in [0.1, 0.15) is 0 Å². The van der Waals surface area contributed by atoms with Crippen LogP contribution in [0.5, 0.6) is 0 Å². The molecule has 1 aromatic heterocycles. The second-order valence-corrected chi connectivity index (χ2v) is 7.82. The molecule has 0 unspecified atom stereocenters. The molecular weight excluding hydrogens is 406 g/mol. The van der Waals surface area contributed by atoms with E-state index in [0.717, 1.165) is 37.3 Å². The first kappa shape index (κ1) is 23.3. The highest BCUT2D eigenvalue weighted by molar-refractivity contribution is 6.04. The van der Waals surface area contributed by atoms with Gasteiger partial charge in [-0.05, 0) is 70.9 Å². The molecule has 1 aliphatic rings. The lowest BCUT2D eigenvalue weighted by Gasteiger charge is -2.15. The Morgan fingerprint density at radius 2 is 1.69 bits per heavy atom. The van der Waals surface area contributed by atoms with Gasteiger partial charge in [0, 0.05) is 53.9 Å². The van der Waals surface area contributed by atoms with Crippen LogP contribution in [0.4, 0.5) is 5.69 Å². The summed E-state index contributed by atoms with van der Waals surface area (Å²) in [6.45, 7) is 10.2. The van der Waals surface area contributed by atoms with Crippen molar-refractivity contribution in [1.29, 1.82) is 0 Å². The monoisotopic (exact) mass is 437 g/mol. The number of rotatable bonds is 7. The van der Waals surface area contributed by atoms with Crippen LogP contribution in [0.2, 0.25) is 0 Å². The van der Waals surface area contributed by atoms with E-state index in [9.17, 15) is 14.4 Å². The van der Waals surface area contributed by atoms with Crippen molar-refractivity contribution >= 4 is 29.5 Å². The van der Waals surface area contributed by atoms with Crippen LogP contribution in [0, 0.1) is 13.8 Å². The Balaban J connectivity index is 1.73. The molecule has 1 fully saturated rings. The zero-order valence-corrected chi connectivity index (χ0v) is 19.2. The number of ether oxygens (including phenoxy) is 1. The summed E-state index contributed by atoms with van der Waals surface area (Å²) in [4.78, 5) is 39.3. The van der Waals surface area contributed by atoms with E-state index >= 15 is 0 Å². The number of amides is 2. The third kappa shape index (κ3) is 4.93. The van der Waals surface area contributed by atoms with Crippen LogP contribution in [0.1, 0.15) is 64.4 Å². The van der Waals surface area contributed by atoms with Crippen molar-refractivity contribution in [1.82, 2.24) is 9.47 Å². The van der Waals surface area contributed by atoms with Crippen LogP contribution in [0.25, 0.3) is 6.08 Å². The van der Waals surface area contributed by atoms with E-state index in [2.05, 4.69) is 5.32 Å². The van der Waals surface area contributed by atoms with Gasteiger partial charge < -0.3 is 19.5 Å². The van der Waals surface area contributed by atoms with Gasteiger partial charge in [0.15, 0.2) is 0 Å². The summed E-state index contributed by atoms with van der Waals surface area (Å²) in [5.74, 6) is -0.684. The van der Waals surface area contributed by atoms with Crippen molar-refractivity contribution < 1.29 is 19.1 Å². The van der Waals surface area contributed by atoms with Crippen molar-refractivity contribution in [2.75, 3.05) is 25.0 Å². The minimum Gasteiger partial charge on any atom is -0.462 e. The highest BCUT2D eigenvalue weighted by Gasteiger charge is 2.22. The molecule has 0 bridgehead atoms. The van der Waals surface area contributed by atoms with E-state index in [0.29, 0.717) is 28.9 Å². The van der Waals surface area contributed by atoms with Gasteiger partial charge in [0.2, 0.25) is 5.91 Å². The number of nitrogens with zero attached hydrogens (tertiary/aromatic N) is 2. The third-order valence-corrected chi connectivity index (χ3v) is 5.82. The van der Waals surface area contributed by atoms with Gasteiger partial charge in [-0.1, -0.05) is 0 Å². The molecular formula is C25H31N3O4. The van der Waals surface area contributed by atoms with Gasteiger partial charge in [0.05, 0.1) is 12.2 Å². The molecule has 7 heteroatoms. The number of likely N-dealkylation sites (tertiary alicyclic amines) is 1. The predicted octanol–water partition coefficient (Wildman–Crippen LogP) is 4.19. The summed E-state index contributed by atoms with van der Waals surface area (Å²) < 4.78 is 7.24. The lowest BCUT2D eigenvalue weighted by atomic mass is 10.1. The molecule has 1 saturated heterocycles. The van der Waals surface area contributed by atoms with Gasteiger partial charge in [-0.2, -0.15) is 0 Å². The first-order valence-electron chi connectivity index (χ1n) is 11.1. The molecule has 2 heterocycles. The number of carbonyl (C=O) groups is 3. The van der Waals surface area contributed by atoms with Crippen molar-refractivity contribution in [3.8, 4) is 0 Å². The highest BCUT2D eigenvalue weighted by atomic mass is 16.5. The van der Waals surface area contributed by atoms with Gasteiger partial charge >= 0.3 is 5.97 Å². The van der Waals surface area contributed by atoms with Gasteiger partial charge in [-0.3, -0.25) is 9.59 Å². The molecule has 3 rings (SSSR count). The molecule has 2 amide bonds. The van der Waals surface area contributed by atoms with Crippen LogP contribution < -0.4 is 5.32 Å². The Labute approximate surface area is 189 Å². The van der Waals surface area contributed by atoms with Crippen LogP contribution in [-0.2, 0) is 16.1 Å². The van der Waals surface area contributed by atoms with E-state index in [-0.39, 0.29) is 18.4 Å². The first-order chi connectivity index (χ1) is 15.4. The summed E-state index contributed by atoms with van der Waals surface area (Å²) in [6.07, 6.45) is 5.16. The smallest absolute Gasteiger partial charge is 0.340 e. The number of esters is 1. The topological polar surface area (TPSA) is 80.6 Å². The minimum atomic E-state index is -0.390. The van der Waals surface area contributed by atoms with E-state index < -0.39 is 5.97 Å².